The Morgan fingerprint density at radius 2 is 1.86 bits per heavy atom. The number of nitrogens with zero attached hydrogens (tertiary/aromatic N) is 3. The predicted molar refractivity (Wildman–Crippen MR) is 129 cm³/mol. The average molecular weight is 474 g/mol. The molecule has 0 amide bonds. The van der Waals surface area contributed by atoms with Crippen LogP contribution in [-0.4, -0.2) is 31.5 Å². The van der Waals surface area contributed by atoms with Crippen LogP contribution in [0.2, 0.25) is 0 Å². The van der Waals surface area contributed by atoms with E-state index in [1.54, 1.807) is 37.0 Å². The number of aromatic amines is 1. The number of nitrogens with one attached hydrogen (secondary N) is 1. The normalized spacial score (nSPS) is 13.0. The number of ether oxygens (including phenoxy) is 2. The monoisotopic (exact) mass is 474 g/mol. The smallest absolute Gasteiger partial charge is 0.328 e. The fraction of sp³-hybridized carbons (Fsp3) is 0.154. The molecule has 0 bridgehead atoms. The molecule has 0 saturated carbocycles. The number of aromatic hydroxyl groups is 1. The lowest BCUT2D eigenvalue weighted by molar-refractivity contribution is 0.140. The maximum Gasteiger partial charge on any atom is 0.328 e. The first kappa shape index (κ1) is 22.3. The van der Waals surface area contributed by atoms with Crippen molar-refractivity contribution in [1.29, 1.82) is 0 Å². The average Bonchev–Trinajstić information content (AvgIpc) is 3.44. The summed E-state index contributed by atoms with van der Waals surface area (Å²) in [5, 5.41) is 15.5. The van der Waals surface area contributed by atoms with Gasteiger partial charge < -0.3 is 19.6 Å². The number of imidazole rings is 1. The van der Waals surface area contributed by atoms with Gasteiger partial charge in [-0.2, -0.15) is 5.10 Å². The minimum atomic E-state index is -0.630. The third-order valence-corrected chi connectivity index (χ3v) is 5.93. The largest absolute Gasteiger partial charge is 0.497 e. The molecular formula is C26H23FN4O4. The lowest BCUT2D eigenvalue weighted by Crippen LogP contribution is -2.27. The lowest BCUT2D eigenvalue weighted by atomic mass is 10.0. The Morgan fingerprint density at radius 1 is 1.06 bits per heavy atom. The van der Waals surface area contributed by atoms with E-state index in [1.165, 1.54) is 22.9 Å². The number of methoxy groups -OCH3 is 1. The fourth-order valence-electron chi connectivity index (χ4n) is 4.18. The zero-order chi connectivity index (χ0) is 24.5. The van der Waals surface area contributed by atoms with E-state index in [1.807, 2.05) is 42.5 Å². The number of hydrogen-bond donors (Lipinski definition) is 2. The number of rotatable bonds is 7. The fourth-order valence-corrected chi connectivity index (χ4v) is 4.18. The van der Waals surface area contributed by atoms with Crippen molar-refractivity contribution in [2.24, 2.45) is 0 Å². The molecule has 8 nitrogen and oxygen atoms in total. The van der Waals surface area contributed by atoms with Crippen molar-refractivity contribution in [3.8, 4) is 23.1 Å². The molecule has 0 aliphatic rings. The summed E-state index contributed by atoms with van der Waals surface area (Å²) < 4.78 is 28.1. The molecule has 5 rings (SSSR count). The van der Waals surface area contributed by atoms with Gasteiger partial charge in [0.05, 0.1) is 36.7 Å². The maximum absolute atomic E-state index is 13.3. The second-order valence-corrected chi connectivity index (χ2v) is 8.13. The summed E-state index contributed by atoms with van der Waals surface area (Å²) in [5.74, 6) is 0.699. The van der Waals surface area contributed by atoms with Gasteiger partial charge in [-0.05, 0) is 67.1 Å². The van der Waals surface area contributed by atoms with Crippen LogP contribution in [0, 0.1) is 5.82 Å². The van der Waals surface area contributed by atoms with Gasteiger partial charge >= 0.3 is 5.69 Å². The third-order valence-electron chi connectivity index (χ3n) is 5.93. The molecule has 0 aliphatic heterocycles. The third kappa shape index (κ3) is 4.23. The molecule has 0 saturated heterocycles. The summed E-state index contributed by atoms with van der Waals surface area (Å²) >= 11 is 0. The van der Waals surface area contributed by atoms with Gasteiger partial charge in [0, 0.05) is 5.39 Å². The van der Waals surface area contributed by atoms with Gasteiger partial charge in [-0.3, -0.25) is 4.57 Å². The van der Waals surface area contributed by atoms with E-state index in [2.05, 4.69) is 10.1 Å². The summed E-state index contributed by atoms with van der Waals surface area (Å²) in [5.41, 5.74) is 1.89. The minimum absolute atomic E-state index is 0.185. The van der Waals surface area contributed by atoms with E-state index in [0.717, 1.165) is 22.2 Å². The van der Waals surface area contributed by atoms with Gasteiger partial charge in [0.1, 0.15) is 23.4 Å². The van der Waals surface area contributed by atoms with Crippen LogP contribution in [0.5, 0.6) is 17.4 Å². The summed E-state index contributed by atoms with van der Waals surface area (Å²) in [6.07, 6.45) is 2.32. The summed E-state index contributed by atoms with van der Waals surface area (Å²) in [6, 6.07) is 18.4. The number of aromatic nitrogens is 4. The van der Waals surface area contributed by atoms with E-state index >= 15 is 0 Å². The Labute approximate surface area is 199 Å². The molecule has 0 fully saturated rings. The highest BCUT2D eigenvalue weighted by molar-refractivity contribution is 5.81. The van der Waals surface area contributed by atoms with Crippen LogP contribution in [0.3, 0.4) is 0 Å². The molecule has 3 aromatic carbocycles. The molecule has 35 heavy (non-hydrogen) atoms. The van der Waals surface area contributed by atoms with Crippen LogP contribution in [0.4, 0.5) is 4.39 Å². The Balaban J connectivity index is 1.53. The minimum Gasteiger partial charge on any atom is -0.497 e. The number of fused-ring (bicyclic) bond motifs is 1. The highest BCUT2D eigenvalue weighted by Crippen LogP contribution is 2.35. The molecule has 0 aliphatic carbocycles. The van der Waals surface area contributed by atoms with Gasteiger partial charge in [-0.25, -0.2) is 13.9 Å². The Hall–Kier alpha value is -4.53. The number of H-pyrrole nitrogens is 1. The molecular weight excluding hydrogens is 451 g/mol. The molecule has 2 atom stereocenters. The van der Waals surface area contributed by atoms with Crippen molar-refractivity contribution in [1.82, 2.24) is 19.3 Å². The topological polar surface area (TPSA) is 94.3 Å². The van der Waals surface area contributed by atoms with E-state index in [-0.39, 0.29) is 11.7 Å². The Morgan fingerprint density at radius 3 is 2.57 bits per heavy atom. The molecule has 178 valence electrons. The number of hydrogen-bond acceptors (Lipinski definition) is 5. The van der Waals surface area contributed by atoms with Crippen LogP contribution in [0.15, 0.2) is 83.9 Å². The second kappa shape index (κ2) is 9.02. The van der Waals surface area contributed by atoms with Gasteiger partial charge in [0.2, 0.25) is 5.88 Å². The van der Waals surface area contributed by atoms with E-state index < -0.39 is 17.8 Å². The molecule has 9 heteroatoms. The van der Waals surface area contributed by atoms with Crippen LogP contribution in [0.25, 0.3) is 16.6 Å². The summed E-state index contributed by atoms with van der Waals surface area (Å²) in [4.78, 5) is 14.9. The zero-order valence-electron chi connectivity index (χ0n) is 19.1. The van der Waals surface area contributed by atoms with E-state index in [9.17, 15) is 14.3 Å². The van der Waals surface area contributed by atoms with Crippen molar-refractivity contribution in [2.75, 3.05) is 7.11 Å². The van der Waals surface area contributed by atoms with Crippen LogP contribution in [-0.2, 0) is 0 Å². The first-order valence-electron chi connectivity index (χ1n) is 11.0. The van der Waals surface area contributed by atoms with E-state index in [4.69, 9.17) is 9.47 Å². The quantitative estimate of drug-likeness (QED) is 0.355. The highest BCUT2D eigenvalue weighted by atomic mass is 19.1. The SMILES string of the molecule is COc1cccc(C(Oc2ccc3c(cnn3-c3ccc(F)cc3)c2)C(C)n2c(O)c[nH]c2=O)c1. The molecule has 5 aromatic rings. The Kier molecular flexibility index (Phi) is 5.74. The molecule has 0 radical (unpaired) electrons. The van der Waals surface area contributed by atoms with Crippen molar-refractivity contribution in [2.45, 2.75) is 19.1 Å². The second-order valence-electron chi connectivity index (χ2n) is 8.13. The van der Waals surface area contributed by atoms with Gasteiger partial charge in [0.25, 0.3) is 0 Å². The first-order chi connectivity index (χ1) is 16.9. The molecule has 2 heterocycles. The predicted octanol–water partition coefficient (Wildman–Crippen LogP) is 4.75. The van der Waals surface area contributed by atoms with E-state index in [0.29, 0.717) is 11.5 Å². The Bertz CT molecular complexity index is 1540. The number of halogens is 1. The molecule has 2 N–H and O–H groups in total. The van der Waals surface area contributed by atoms with Crippen LogP contribution < -0.4 is 15.2 Å². The molecule has 0 spiro atoms. The summed E-state index contributed by atoms with van der Waals surface area (Å²) in [6.45, 7) is 1.80. The highest BCUT2D eigenvalue weighted by Gasteiger charge is 2.27. The van der Waals surface area contributed by atoms with Crippen molar-refractivity contribution < 1.29 is 19.0 Å². The van der Waals surface area contributed by atoms with Crippen molar-refractivity contribution >= 4 is 10.9 Å². The van der Waals surface area contributed by atoms with Crippen molar-refractivity contribution in [3.05, 3.63) is 101 Å². The van der Waals surface area contributed by atoms with Gasteiger partial charge in [-0.15, -0.1) is 0 Å². The maximum atomic E-state index is 13.3. The lowest BCUT2D eigenvalue weighted by Gasteiger charge is -2.27. The number of benzene rings is 3. The van der Waals surface area contributed by atoms with Crippen LogP contribution >= 0.6 is 0 Å². The van der Waals surface area contributed by atoms with Crippen LogP contribution in [0.1, 0.15) is 24.6 Å². The van der Waals surface area contributed by atoms with Gasteiger partial charge in [0.15, 0.2) is 0 Å². The molecule has 2 aromatic heterocycles. The van der Waals surface area contributed by atoms with Crippen molar-refractivity contribution in [3.63, 3.8) is 0 Å². The first-order valence-corrected chi connectivity index (χ1v) is 11.0. The summed E-state index contributed by atoms with van der Waals surface area (Å²) in [7, 11) is 1.58. The standard InChI is InChI=1S/C26H23FN4O4/c1-16(30-24(32)15-28-26(30)33)25(17-4-3-5-21(12-17)34-2)35-22-10-11-23-18(13-22)14-29-31(23)20-8-6-19(27)7-9-20/h3-16,25,32H,1-2H3,(H,28,33). The zero-order valence-corrected chi connectivity index (χ0v) is 19.1. The van der Waals surface area contributed by atoms with Gasteiger partial charge in [-0.1, -0.05) is 12.1 Å². The molecule has 2 unspecified atom stereocenters.